The van der Waals surface area contributed by atoms with E-state index in [1.807, 2.05) is 34.2 Å². The summed E-state index contributed by atoms with van der Waals surface area (Å²) in [5.41, 5.74) is 2.42. The minimum Gasteiger partial charge on any atom is -0.313 e. The molecule has 26 heavy (non-hydrogen) atoms. The highest BCUT2D eigenvalue weighted by atomic mass is 35.5. The standard InChI is InChI=1S/C18H12Cl4N2S.ClH/c1-2-8-24-16(12-7-6-11(19)9-14(12)21)10-25-18(24)23-15-5-3-4-13(20)17(15)22;/h2-7,9-10H,1,8H2;1H. The number of halogens is 5. The third-order valence-corrected chi connectivity index (χ3v) is 5.68. The third-order valence-electron chi connectivity index (χ3n) is 3.46. The van der Waals surface area contributed by atoms with Gasteiger partial charge in [-0.05, 0) is 30.3 Å². The molecule has 1 aromatic heterocycles. The summed E-state index contributed by atoms with van der Waals surface area (Å²) in [6.07, 6.45) is 1.80. The topological polar surface area (TPSA) is 17.3 Å². The predicted octanol–water partition coefficient (Wildman–Crippen LogP) is 7.67. The molecular formula is C18H13Cl5N2S. The fourth-order valence-electron chi connectivity index (χ4n) is 2.32. The van der Waals surface area contributed by atoms with Crippen LogP contribution in [0, 0.1) is 0 Å². The summed E-state index contributed by atoms with van der Waals surface area (Å²) in [5.74, 6) is 0. The van der Waals surface area contributed by atoms with Gasteiger partial charge in [0.15, 0.2) is 4.80 Å². The van der Waals surface area contributed by atoms with Crippen molar-refractivity contribution in [3.8, 4) is 11.3 Å². The lowest BCUT2D eigenvalue weighted by atomic mass is 10.1. The van der Waals surface area contributed by atoms with E-state index in [1.165, 1.54) is 11.3 Å². The van der Waals surface area contributed by atoms with Crippen molar-refractivity contribution in [1.82, 2.24) is 4.57 Å². The molecule has 1 heterocycles. The van der Waals surface area contributed by atoms with Crippen LogP contribution < -0.4 is 4.80 Å². The minimum absolute atomic E-state index is 0. The Morgan fingerprint density at radius 2 is 1.85 bits per heavy atom. The summed E-state index contributed by atoms with van der Waals surface area (Å²) in [4.78, 5) is 5.43. The molecule has 0 aliphatic heterocycles. The molecule has 2 nitrogen and oxygen atoms in total. The summed E-state index contributed by atoms with van der Waals surface area (Å²) in [7, 11) is 0. The van der Waals surface area contributed by atoms with E-state index >= 15 is 0 Å². The van der Waals surface area contributed by atoms with E-state index in [-0.39, 0.29) is 12.4 Å². The van der Waals surface area contributed by atoms with Crippen LogP contribution in [0.15, 0.2) is 59.4 Å². The molecule has 0 aliphatic carbocycles. The first-order valence-corrected chi connectivity index (χ1v) is 9.64. The van der Waals surface area contributed by atoms with Gasteiger partial charge in [-0.25, -0.2) is 4.99 Å². The smallest absolute Gasteiger partial charge is 0.190 e. The van der Waals surface area contributed by atoms with Crippen LogP contribution in [0.4, 0.5) is 5.69 Å². The van der Waals surface area contributed by atoms with Crippen molar-refractivity contribution in [2.75, 3.05) is 0 Å². The molecule has 0 amide bonds. The fourth-order valence-corrected chi connectivity index (χ4v) is 4.08. The second kappa shape index (κ2) is 9.32. The van der Waals surface area contributed by atoms with Gasteiger partial charge < -0.3 is 4.57 Å². The number of rotatable bonds is 4. The zero-order valence-corrected chi connectivity index (χ0v) is 17.9. The molecule has 0 saturated heterocycles. The first kappa shape index (κ1) is 21.4. The van der Waals surface area contributed by atoms with E-state index in [9.17, 15) is 0 Å². The van der Waals surface area contributed by atoms with Crippen molar-refractivity contribution < 1.29 is 0 Å². The van der Waals surface area contributed by atoms with Crippen molar-refractivity contribution in [2.45, 2.75) is 6.54 Å². The van der Waals surface area contributed by atoms with Crippen LogP contribution in [-0.2, 0) is 6.54 Å². The number of benzene rings is 2. The minimum atomic E-state index is 0. The van der Waals surface area contributed by atoms with E-state index in [4.69, 9.17) is 46.4 Å². The number of hydrogen-bond acceptors (Lipinski definition) is 2. The SMILES string of the molecule is C=CCn1c(-c2ccc(Cl)cc2Cl)csc1=Nc1cccc(Cl)c1Cl.Cl. The Balaban J connectivity index is 0.00000243. The molecule has 136 valence electrons. The molecule has 3 rings (SSSR count). The van der Waals surface area contributed by atoms with Crippen LogP contribution in [0.2, 0.25) is 20.1 Å². The lowest BCUT2D eigenvalue weighted by Crippen LogP contribution is -2.14. The molecule has 0 spiro atoms. The highest BCUT2D eigenvalue weighted by Gasteiger charge is 2.12. The van der Waals surface area contributed by atoms with E-state index in [0.717, 1.165) is 16.1 Å². The van der Waals surface area contributed by atoms with Gasteiger partial charge in [0.05, 0.1) is 26.4 Å². The molecule has 8 heteroatoms. The number of allylic oxidation sites excluding steroid dienone is 1. The van der Waals surface area contributed by atoms with Crippen LogP contribution in [0.5, 0.6) is 0 Å². The Morgan fingerprint density at radius 3 is 2.54 bits per heavy atom. The summed E-state index contributed by atoms with van der Waals surface area (Å²) in [6.45, 7) is 4.41. The Hall–Kier alpha value is -0.940. The maximum Gasteiger partial charge on any atom is 0.190 e. The van der Waals surface area contributed by atoms with Crippen LogP contribution in [0.3, 0.4) is 0 Å². The van der Waals surface area contributed by atoms with Gasteiger partial charge in [0.1, 0.15) is 0 Å². The third kappa shape index (κ3) is 4.48. The quantitative estimate of drug-likeness (QED) is 0.351. The second-order valence-corrected chi connectivity index (χ2v) is 7.58. The second-order valence-electron chi connectivity index (χ2n) is 5.11. The zero-order valence-electron chi connectivity index (χ0n) is 13.3. The highest BCUT2D eigenvalue weighted by molar-refractivity contribution is 7.07. The monoisotopic (exact) mass is 464 g/mol. The zero-order chi connectivity index (χ0) is 18.0. The number of aromatic nitrogens is 1. The molecule has 0 aliphatic rings. The summed E-state index contributed by atoms with van der Waals surface area (Å²) < 4.78 is 2.02. The number of nitrogens with zero attached hydrogens (tertiary/aromatic N) is 2. The van der Waals surface area contributed by atoms with Gasteiger partial charge in [-0.2, -0.15) is 0 Å². The Bertz CT molecular complexity index is 1010. The Labute approximate surface area is 181 Å². The average Bonchev–Trinajstić information content (AvgIpc) is 2.95. The lowest BCUT2D eigenvalue weighted by Gasteiger charge is -2.09. The maximum absolute atomic E-state index is 6.36. The normalized spacial score (nSPS) is 11.3. The van der Waals surface area contributed by atoms with Crippen molar-refractivity contribution in [3.05, 3.63) is 79.3 Å². The van der Waals surface area contributed by atoms with Gasteiger partial charge in [0, 0.05) is 22.5 Å². The molecule has 0 fully saturated rings. The van der Waals surface area contributed by atoms with Crippen molar-refractivity contribution in [1.29, 1.82) is 0 Å². The average molecular weight is 467 g/mol. The van der Waals surface area contributed by atoms with E-state index in [0.29, 0.717) is 32.3 Å². The molecule has 0 bridgehead atoms. The Morgan fingerprint density at radius 1 is 1.08 bits per heavy atom. The van der Waals surface area contributed by atoms with Crippen molar-refractivity contribution >= 4 is 75.8 Å². The first-order chi connectivity index (χ1) is 12.0. The summed E-state index contributed by atoms with van der Waals surface area (Å²) >= 11 is 26.2. The van der Waals surface area contributed by atoms with Gasteiger partial charge >= 0.3 is 0 Å². The summed E-state index contributed by atoms with van der Waals surface area (Å²) in [5, 5.41) is 4.06. The fraction of sp³-hybridized carbons (Fsp3) is 0.0556. The van der Waals surface area contributed by atoms with Crippen LogP contribution >= 0.6 is 70.1 Å². The maximum atomic E-state index is 6.36. The molecular weight excluding hydrogens is 454 g/mol. The van der Waals surface area contributed by atoms with E-state index in [2.05, 4.69) is 11.6 Å². The number of thiazole rings is 1. The lowest BCUT2D eigenvalue weighted by molar-refractivity contribution is 0.800. The largest absolute Gasteiger partial charge is 0.313 e. The highest BCUT2D eigenvalue weighted by Crippen LogP contribution is 2.33. The van der Waals surface area contributed by atoms with Crippen LogP contribution in [-0.4, -0.2) is 4.57 Å². The van der Waals surface area contributed by atoms with Crippen LogP contribution in [0.25, 0.3) is 11.3 Å². The Kier molecular flexibility index (Phi) is 7.65. The molecule has 2 aromatic carbocycles. The molecule has 0 saturated carbocycles. The van der Waals surface area contributed by atoms with E-state index < -0.39 is 0 Å². The van der Waals surface area contributed by atoms with Gasteiger partial charge in [0.25, 0.3) is 0 Å². The summed E-state index contributed by atoms with van der Waals surface area (Å²) in [6, 6.07) is 10.8. The van der Waals surface area contributed by atoms with Crippen molar-refractivity contribution in [3.63, 3.8) is 0 Å². The van der Waals surface area contributed by atoms with Gasteiger partial charge in [0.2, 0.25) is 0 Å². The van der Waals surface area contributed by atoms with Gasteiger partial charge in [-0.1, -0.05) is 58.5 Å². The molecule has 0 N–H and O–H groups in total. The van der Waals surface area contributed by atoms with Crippen molar-refractivity contribution in [2.24, 2.45) is 4.99 Å². The molecule has 0 unspecified atom stereocenters. The molecule has 0 atom stereocenters. The van der Waals surface area contributed by atoms with Gasteiger partial charge in [-0.3, -0.25) is 0 Å². The predicted molar refractivity (Wildman–Crippen MR) is 117 cm³/mol. The first-order valence-electron chi connectivity index (χ1n) is 7.24. The van der Waals surface area contributed by atoms with E-state index in [1.54, 1.807) is 18.2 Å². The van der Waals surface area contributed by atoms with Crippen LogP contribution in [0.1, 0.15) is 0 Å². The van der Waals surface area contributed by atoms with Gasteiger partial charge in [-0.15, -0.1) is 30.3 Å². The number of hydrogen-bond donors (Lipinski definition) is 0. The molecule has 0 radical (unpaired) electrons. The molecule has 3 aromatic rings.